The van der Waals surface area contributed by atoms with Gasteiger partial charge in [-0.05, 0) is 17.0 Å². The molecule has 0 N–H and O–H groups in total. The number of hydrogen-bond donors (Lipinski definition) is 0. The van der Waals surface area contributed by atoms with Crippen LogP contribution in [0.1, 0.15) is 0 Å². The Hall–Kier alpha value is -1.06. The molecule has 9 heteroatoms. The molecule has 0 saturated heterocycles. The molecular weight excluding hydrogens is 271 g/mol. The number of halogens is 5. The molecule has 0 radical (unpaired) electrons. The van der Waals surface area contributed by atoms with Gasteiger partial charge in [0.1, 0.15) is 0 Å². The molecule has 0 amide bonds. The third kappa shape index (κ3) is 1.94. The van der Waals surface area contributed by atoms with E-state index >= 15 is 0 Å². The van der Waals surface area contributed by atoms with E-state index in [1.807, 2.05) is 0 Å². The lowest BCUT2D eigenvalue weighted by molar-refractivity contribution is -0.248. The van der Waals surface area contributed by atoms with E-state index in [1.54, 1.807) is 0 Å². The van der Waals surface area contributed by atoms with Crippen LogP contribution in [0, 0.1) is 0 Å². The zero-order valence-electron chi connectivity index (χ0n) is 7.91. The molecule has 17 heavy (non-hydrogen) atoms. The number of alkyl halides is 5. The Morgan fingerprint density at radius 2 is 1.35 bits per heavy atom. The van der Waals surface area contributed by atoms with E-state index in [4.69, 9.17) is 0 Å². The van der Waals surface area contributed by atoms with Gasteiger partial charge in [0.05, 0.1) is 0 Å². The minimum atomic E-state index is -7.85. The fourth-order valence-corrected chi connectivity index (χ4v) is 2.32. The first-order chi connectivity index (χ1) is 7.39. The smallest absolute Gasteiger partial charge is 0.463 e. The molecule has 0 aliphatic heterocycles. The fraction of sp³-hybridized carbons (Fsp3) is 0.250. The highest BCUT2D eigenvalue weighted by atomic mass is 32.3. The van der Waals surface area contributed by atoms with Gasteiger partial charge in [-0.1, -0.05) is 18.2 Å². The number of rotatable bonds is 2. The van der Waals surface area contributed by atoms with E-state index in [2.05, 4.69) is 0 Å². The molecule has 0 saturated carbocycles. The van der Waals surface area contributed by atoms with Crippen molar-refractivity contribution in [2.45, 2.75) is 16.3 Å². The summed E-state index contributed by atoms with van der Waals surface area (Å²) in [6.07, 6.45) is -6.48. The van der Waals surface area contributed by atoms with Crippen molar-refractivity contribution in [2.75, 3.05) is 0 Å². The predicted octanol–water partition coefficient (Wildman–Crippen LogP) is 2.28. The lowest BCUT2D eigenvalue weighted by Gasteiger charge is -2.59. The summed E-state index contributed by atoms with van der Waals surface area (Å²) in [5.41, 5.74) is 0. The van der Waals surface area contributed by atoms with Gasteiger partial charge in [0.2, 0.25) is 0 Å². The van der Waals surface area contributed by atoms with Crippen LogP contribution in [-0.4, -0.2) is 24.7 Å². The second-order valence-corrected chi connectivity index (χ2v) is 5.73. The van der Waals surface area contributed by atoms with Gasteiger partial charge in [0, 0.05) is 0 Å². The molecule has 1 rings (SSSR count). The summed E-state index contributed by atoms with van der Waals surface area (Å²) in [6, 6.07) is 3.66. The van der Waals surface area contributed by atoms with Crippen LogP contribution in [-0.2, 0) is 9.63 Å². The monoisotopic (exact) mass is 276 g/mol. The summed E-state index contributed by atoms with van der Waals surface area (Å²) < 4.78 is 94.6. The second kappa shape index (κ2) is 3.47. The highest BCUT2D eigenvalue weighted by molar-refractivity contribution is 8.11. The molecule has 1 aromatic carbocycles. The molecule has 1 aromatic rings. The quantitative estimate of drug-likeness (QED) is 0.778. The summed E-state index contributed by atoms with van der Waals surface area (Å²) >= 11 is 0. The van der Waals surface area contributed by atoms with Gasteiger partial charge in [-0.15, -0.1) is 9.63 Å². The van der Waals surface area contributed by atoms with Crippen molar-refractivity contribution in [3.8, 4) is 0 Å². The Morgan fingerprint density at radius 1 is 0.941 bits per heavy atom. The van der Waals surface area contributed by atoms with Gasteiger partial charge in [0.25, 0.3) is 0 Å². The molecular formula is C8H5F5O3S-2. The molecule has 0 aromatic heterocycles. The van der Waals surface area contributed by atoms with Gasteiger partial charge in [-0.3, -0.25) is 4.21 Å². The summed E-state index contributed by atoms with van der Waals surface area (Å²) in [6.45, 7) is 0. The van der Waals surface area contributed by atoms with E-state index < -0.39 is 26.0 Å². The molecule has 0 unspecified atom stereocenters. The van der Waals surface area contributed by atoms with E-state index in [1.165, 1.54) is 0 Å². The second-order valence-electron chi connectivity index (χ2n) is 3.13. The lowest BCUT2D eigenvalue weighted by atomic mass is 10.4. The topological polar surface area (TPSA) is 63.2 Å². The first kappa shape index (κ1) is 14.0. The summed E-state index contributed by atoms with van der Waals surface area (Å²) in [4.78, 5) is -1.62. The van der Waals surface area contributed by atoms with Crippen molar-refractivity contribution in [2.24, 2.45) is 0 Å². The van der Waals surface area contributed by atoms with Gasteiger partial charge in [0.15, 0.2) is 0 Å². The van der Waals surface area contributed by atoms with Crippen LogP contribution in [0.25, 0.3) is 0 Å². The Labute approximate surface area is 92.3 Å². The molecule has 0 heterocycles. The van der Waals surface area contributed by atoms with Crippen LogP contribution in [0.5, 0.6) is 0 Å². The predicted molar refractivity (Wildman–Crippen MR) is 45.4 cm³/mol. The third-order valence-corrected chi connectivity index (χ3v) is 4.12. The zero-order chi connectivity index (χ0) is 13.6. The van der Waals surface area contributed by atoms with Crippen LogP contribution in [0.3, 0.4) is 0 Å². The lowest BCUT2D eigenvalue weighted by Crippen LogP contribution is -2.58. The van der Waals surface area contributed by atoms with Crippen LogP contribution >= 0.6 is 0 Å². The molecule has 0 spiro atoms. The molecule has 0 fully saturated rings. The van der Waals surface area contributed by atoms with Crippen molar-refractivity contribution in [1.29, 1.82) is 0 Å². The van der Waals surface area contributed by atoms with Gasteiger partial charge >= 0.3 is 11.4 Å². The summed E-state index contributed by atoms with van der Waals surface area (Å²) in [5, 5.41) is -6.38. The minimum absolute atomic E-state index is 0.383. The Morgan fingerprint density at radius 3 is 1.71 bits per heavy atom. The SMILES string of the molecule is O=S([O-])([O-])(c1ccccc1)C(F)(F)C(F)(F)F. The highest BCUT2D eigenvalue weighted by Gasteiger charge is 2.65. The molecule has 98 valence electrons. The maximum atomic E-state index is 12.8. The van der Waals surface area contributed by atoms with Gasteiger partial charge in [-0.2, -0.15) is 22.0 Å². The number of hydrogen-bond acceptors (Lipinski definition) is 3. The molecule has 0 aliphatic carbocycles. The Kier molecular flexibility index (Phi) is 2.86. The van der Waals surface area contributed by atoms with Crippen molar-refractivity contribution in [1.82, 2.24) is 0 Å². The highest BCUT2D eigenvalue weighted by Crippen LogP contribution is 2.52. The molecule has 0 aliphatic rings. The maximum absolute atomic E-state index is 12.8. The number of benzene rings is 1. The average molecular weight is 276 g/mol. The van der Waals surface area contributed by atoms with Crippen molar-refractivity contribution in [3.63, 3.8) is 0 Å². The van der Waals surface area contributed by atoms with E-state index in [9.17, 15) is 35.3 Å². The maximum Gasteiger partial charge on any atom is 0.463 e. The first-order valence-corrected chi connectivity index (χ1v) is 5.83. The van der Waals surface area contributed by atoms with Gasteiger partial charge in [-0.25, -0.2) is 0 Å². The van der Waals surface area contributed by atoms with Crippen LogP contribution < -0.4 is 0 Å². The summed E-state index contributed by atoms with van der Waals surface area (Å²) in [5.74, 6) is 0. The third-order valence-electron chi connectivity index (χ3n) is 1.92. The van der Waals surface area contributed by atoms with Crippen molar-refractivity contribution >= 4 is 9.63 Å². The average Bonchev–Trinajstić information content (AvgIpc) is 2.16. The minimum Gasteiger partial charge on any atom is -0.791 e. The van der Waals surface area contributed by atoms with Crippen molar-refractivity contribution < 1.29 is 35.3 Å². The van der Waals surface area contributed by atoms with E-state index in [-0.39, 0.29) is 0 Å². The van der Waals surface area contributed by atoms with Gasteiger partial charge < -0.3 is 9.11 Å². The largest absolute Gasteiger partial charge is 0.791 e. The molecule has 0 bridgehead atoms. The molecule has 3 nitrogen and oxygen atoms in total. The van der Waals surface area contributed by atoms with Crippen LogP contribution in [0.2, 0.25) is 0 Å². The first-order valence-electron chi connectivity index (χ1n) is 4.01. The van der Waals surface area contributed by atoms with E-state index in [0.717, 1.165) is 18.2 Å². The normalized spacial score (nSPS) is 16.3. The van der Waals surface area contributed by atoms with E-state index in [0.29, 0.717) is 12.1 Å². The fourth-order valence-electron chi connectivity index (χ4n) is 1.00. The van der Waals surface area contributed by atoms with Crippen LogP contribution in [0.15, 0.2) is 35.2 Å². The van der Waals surface area contributed by atoms with Crippen molar-refractivity contribution in [3.05, 3.63) is 30.3 Å². The standard InChI is InChI=1S/C8H7F5O3S/c9-7(10,11)8(12,13)17(14,15,16)6-4-2-1-3-5-6/h1-5H,(H2,14,15,16)/p-2. The zero-order valence-corrected chi connectivity index (χ0v) is 8.73. The Bertz CT molecular complexity index is 476. The summed E-state index contributed by atoms with van der Waals surface area (Å²) in [7, 11) is -7.85. The number of sulfone groups is 3. The Balaban J connectivity index is 3.51. The molecule has 0 atom stereocenters. The van der Waals surface area contributed by atoms with Crippen LogP contribution in [0.4, 0.5) is 22.0 Å².